The van der Waals surface area contributed by atoms with Crippen LogP contribution < -0.4 is 10.6 Å². The van der Waals surface area contributed by atoms with E-state index in [4.69, 9.17) is 0 Å². The van der Waals surface area contributed by atoms with Gasteiger partial charge in [-0.1, -0.05) is 26.7 Å². The van der Waals surface area contributed by atoms with Gasteiger partial charge in [-0.3, -0.25) is 14.9 Å². The number of hydrogen-bond acceptors (Lipinski definition) is 4. The van der Waals surface area contributed by atoms with Crippen molar-refractivity contribution in [2.75, 3.05) is 18.9 Å². The third-order valence-corrected chi connectivity index (χ3v) is 3.22. The number of anilines is 1. The molecular weight excluding hydrogens is 270 g/mol. The van der Waals surface area contributed by atoms with Gasteiger partial charge < -0.3 is 10.6 Å². The van der Waals surface area contributed by atoms with Gasteiger partial charge in [0.25, 0.3) is 11.6 Å². The number of nitro benzene ring substituents is 1. The lowest BCUT2D eigenvalue weighted by atomic mass is 10.1. The normalized spacial score (nSPS) is 10.5. The number of carbonyl (C=O) groups is 1. The van der Waals surface area contributed by atoms with E-state index in [0.29, 0.717) is 23.7 Å². The second-order valence-corrected chi connectivity index (χ2v) is 5.38. The van der Waals surface area contributed by atoms with Crippen molar-refractivity contribution in [2.45, 2.75) is 33.1 Å². The molecule has 1 amide bonds. The minimum atomic E-state index is -0.473. The molecule has 0 heterocycles. The highest BCUT2D eigenvalue weighted by Crippen LogP contribution is 2.24. The largest absolute Gasteiger partial charge is 0.383 e. The minimum Gasteiger partial charge on any atom is -0.383 e. The molecule has 6 nitrogen and oxygen atoms in total. The van der Waals surface area contributed by atoms with Gasteiger partial charge in [0.2, 0.25) is 0 Å². The molecular formula is C15H23N3O3. The van der Waals surface area contributed by atoms with Gasteiger partial charge in [-0.05, 0) is 24.5 Å². The zero-order valence-corrected chi connectivity index (χ0v) is 12.8. The average molecular weight is 293 g/mol. The van der Waals surface area contributed by atoms with Crippen LogP contribution in [0.5, 0.6) is 0 Å². The molecule has 0 radical (unpaired) electrons. The summed E-state index contributed by atoms with van der Waals surface area (Å²) in [6, 6.07) is 4.32. The molecule has 1 rings (SSSR count). The van der Waals surface area contributed by atoms with Crippen molar-refractivity contribution in [1.82, 2.24) is 5.32 Å². The number of carbonyl (C=O) groups excluding carboxylic acids is 1. The Labute approximate surface area is 125 Å². The number of nitro groups is 1. The third kappa shape index (κ3) is 5.41. The van der Waals surface area contributed by atoms with Gasteiger partial charge in [0.05, 0.1) is 4.92 Å². The molecule has 21 heavy (non-hydrogen) atoms. The van der Waals surface area contributed by atoms with E-state index in [1.165, 1.54) is 18.2 Å². The number of hydrogen-bond donors (Lipinski definition) is 2. The number of amides is 1. The summed E-state index contributed by atoms with van der Waals surface area (Å²) in [7, 11) is 1.59. The first-order chi connectivity index (χ1) is 9.95. The molecule has 0 spiro atoms. The predicted molar refractivity (Wildman–Crippen MR) is 83.7 cm³/mol. The van der Waals surface area contributed by atoms with Crippen molar-refractivity contribution in [2.24, 2.45) is 5.92 Å². The van der Waals surface area contributed by atoms with E-state index >= 15 is 0 Å². The van der Waals surface area contributed by atoms with Crippen LogP contribution >= 0.6 is 0 Å². The van der Waals surface area contributed by atoms with Crippen molar-refractivity contribution < 1.29 is 9.72 Å². The highest BCUT2D eigenvalue weighted by atomic mass is 16.6. The van der Waals surface area contributed by atoms with Crippen molar-refractivity contribution in [3.8, 4) is 0 Å². The molecule has 0 aromatic heterocycles. The Morgan fingerprint density at radius 3 is 2.62 bits per heavy atom. The Morgan fingerprint density at radius 2 is 2.05 bits per heavy atom. The molecule has 0 aliphatic heterocycles. The maximum atomic E-state index is 12.0. The van der Waals surface area contributed by atoms with E-state index in [-0.39, 0.29) is 11.6 Å². The summed E-state index contributed by atoms with van der Waals surface area (Å²) in [6.07, 6.45) is 3.17. The van der Waals surface area contributed by atoms with Crippen LogP contribution in [0.25, 0.3) is 0 Å². The van der Waals surface area contributed by atoms with Crippen LogP contribution in [0, 0.1) is 16.0 Å². The Bertz CT molecular complexity index is 501. The lowest BCUT2D eigenvalue weighted by Crippen LogP contribution is -2.24. The van der Waals surface area contributed by atoms with Crippen LogP contribution in [0.15, 0.2) is 18.2 Å². The summed E-state index contributed by atoms with van der Waals surface area (Å²) in [5.74, 6) is 0.472. The maximum Gasteiger partial charge on any atom is 0.292 e. The summed E-state index contributed by atoms with van der Waals surface area (Å²) in [4.78, 5) is 22.3. The summed E-state index contributed by atoms with van der Waals surface area (Å²) < 4.78 is 0. The zero-order chi connectivity index (χ0) is 15.8. The monoisotopic (exact) mass is 293 g/mol. The molecule has 0 saturated heterocycles. The SMILES string of the molecule is CNc1cc(C(=O)NCCCCC(C)C)ccc1[N+](=O)[O-]. The van der Waals surface area contributed by atoms with Crippen molar-refractivity contribution in [1.29, 1.82) is 0 Å². The summed E-state index contributed by atoms with van der Waals surface area (Å²) in [5, 5.41) is 16.4. The van der Waals surface area contributed by atoms with Crippen molar-refractivity contribution in [3.05, 3.63) is 33.9 Å². The fourth-order valence-corrected chi connectivity index (χ4v) is 2.02. The van der Waals surface area contributed by atoms with Crippen molar-refractivity contribution >= 4 is 17.3 Å². The fraction of sp³-hybridized carbons (Fsp3) is 0.533. The van der Waals surface area contributed by atoms with Gasteiger partial charge in [-0.25, -0.2) is 0 Å². The van der Waals surface area contributed by atoms with Crippen LogP contribution in [0.1, 0.15) is 43.5 Å². The molecule has 116 valence electrons. The lowest BCUT2D eigenvalue weighted by molar-refractivity contribution is -0.383. The van der Waals surface area contributed by atoms with Gasteiger partial charge in [-0.2, -0.15) is 0 Å². The number of rotatable bonds is 8. The first kappa shape index (κ1) is 16.9. The van der Waals surface area contributed by atoms with E-state index < -0.39 is 4.92 Å². The predicted octanol–water partition coefficient (Wildman–Crippen LogP) is 3.19. The quantitative estimate of drug-likeness (QED) is 0.438. The van der Waals surface area contributed by atoms with Gasteiger partial charge in [-0.15, -0.1) is 0 Å². The molecule has 0 fully saturated rings. The summed E-state index contributed by atoms with van der Waals surface area (Å²) >= 11 is 0. The molecule has 1 aromatic carbocycles. The van der Waals surface area contributed by atoms with Crippen LogP contribution in [-0.4, -0.2) is 24.4 Å². The molecule has 0 aliphatic rings. The van der Waals surface area contributed by atoms with Gasteiger partial charge in [0.1, 0.15) is 5.69 Å². The Morgan fingerprint density at radius 1 is 1.33 bits per heavy atom. The second kappa shape index (κ2) is 8.24. The topological polar surface area (TPSA) is 84.3 Å². The summed E-state index contributed by atoms with van der Waals surface area (Å²) in [5.41, 5.74) is 0.729. The maximum absolute atomic E-state index is 12.0. The summed E-state index contributed by atoms with van der Waals surface area (Å²) in [6.45, 7) is 4.97. The number of nitrogens with one attached hydrogen (secondary N) is 2. The standard InChI is InChI=1S/C15H23N3O3/c1-11(2)6-4-5-9-17-15(19)12-7-8-14(18(20)21)13(10-12)16-3/h7-8,10-11,16H,4-6,9H2,1-3H3,(H,17,19). The van der Waals surface area contributed by atoms with E-state index in [2.05, 4.69) is 24.5 Å². The van der Waals surface area contributed by atoms with Gasteiger partial charge >= 0.3 is 0 Å². The molecule has 0 saturated carbocycles. The molecule has 0 atom stereocenters. The third-order valence-electron chi connectivity index (χ3n) is 3.22. The molecule has 2 N–H and O–H groups in total. The number of unbranched alkanes of at least 4 members (excludes halogenated alkanes) is 1. The lowest BCUT2D eigenvalue weighted by Gasteiger charge is -2.08. The highest BCUT2D eigenvalue weighted by molar-refractivity contribution is 5.95. The Kier molecular flexibility index (Phi) is 6.65. The highest BCUT2D eigenvalue weighted by Gasteiger charge is 2.15. The number of nitrogens with zero attached hydrogens (tertiary/aromatic N) is 1. The van der Waals surface area contributed by atoms with Crippen LogP contribution in [0.2, 0.25) is 0 Å². The molecule has 0 aliphatic carbocycles. The number of benzene rings is 1. The molecule has 1 aromatic rings. The fourth-order valence-electron chi connectivity index (χ4n) is 2.02. The van der Waals surface area contributed by atoms with Crippen LogP contribution in [-0.2, 0) is 0 Å². The second-order valence-electron chi connectivity index (χ2n) is 5.38. The average Bonchev–Trinajstić information content (AvgIpc) is 2.45. The molecule has 6 heteroatoms. The zero-order valence-electron chi connectivity index (χ0n) is 12.8. The van der Waals surface area contributed by atoms with Crippen LogP contribution in [0.4, 0.5) is 11.4 Å². The first-order valence-corrected chi connectivity index (χ1v) is 7.20. The van der Waals surface area contributed by atoms with Gasteiger partial charge in [0, 0.05) is 25.2 Å². The van der Waals surface area contributed by atoms with E-state index in [1.807, 2.05) is 0 Å². The minimum absolute atomic E-state index is 0.0361. The smallest absolute Gasteiger partial charge is 0.292 e. The van der Waals surface area contributed by atoms with Gasteiger partial charge in [0.15, 0.2) is 0 Å². The van der Waals surface area contributed by atoms with E-state index in [0.717, 1.165) is 19.3 Å². The van der Waals surface area contributed by atoms with E-state index in [1.54, 1.807) is 7.05 Å². The molecule has 0 unspecified atom stereocenters. The Balaban J connectivity index is 2.56. The molecule has 0 bridgehead atoms. The Hall–Kier alpha value is -2.11. The van der Waals surface area contributed by atoms with Crippen molar-refractivity contribution in [3.63, 3.8) is 0 Å². The first-order valence-electron chi connectivity index (χ1n) is 7.20. The van der Waals surface area contributed by atoms with Crippen LogP contribution in [0.3, 0.4) is 0 Å². The van der Waals surface area contributed by atoms with E-state index in [9.17, 15) is 14.9 Å².